The highest BCUT2D eigenvalue weighted by Crippen LogP contribution is 2.55. The van der Waals surface area contributed by atoms with Crippen LogP contribution in [0.5, 0.6) is 5.75 Å². The van der Waals surface area contributed by atoms with E-state index in [0.29, 0.717) is 11.8 Å². The molecule has 0 amide bonds. The van der Waals surface area contributed by atoms with Crippen molar-refractivity contribution < 1.29 is 9.47 Å². The van der Waals surface area contributed by atoms with E-state index in [1.165, 1.54) is 31.2 Å². The molecular formula is C22H30O2. The van der Waals surface area contributed by atoms with Gasteiger partial charge in [0.25, 0.3) is 0 Å². The highest BCUT2D eigenvalue weighted by molar-refractivity contribution is 5.39. The number of fused-ring (bicyclic) bond motifs is 3. The Labute approximate surface area is 146 Å². The number of benzene rings is 1. The van der Waals surface area contributed by atoms with Crippen LogP contribution in [0.2, 0.25) is 0 Å². The predicted molar refractivity (Wildman–Crippen MR) is 97.2 cm³/mol. The summed E-state index contributed by atoms with van der Waals surface area (Å²) in [6.07, 6.45) is 8.57. The number of hydrogen-bond acceptors (Lipinski definition) is 2. The van der Waals surface area contributed by atoms with Crippen LogP contribution in [0, 0.1) is 11.8 Å². The Hall–Kier alpha value is -1.28. The second-order valence-electron chi connectivity index (χ2n) is 8.76. The highest BCUT2D eigenvalue weighted by atomic mass is 16.5. The number of rotatable bonds is 1. The molecule has 0 saturated carbocycles. The van der Waals surface area contributed by atoms with Gasteiger partial charge < -0.3 is 9.47 Å². The maximum absolute atomic E-state index is 6.91. The van der Waals surface area contributed by atoms with Crippen LogP contribution in [-0.2, 0) is 4.74 Å². The van der Waals surface area contributed by atoms with Crippen molar-refractivity contribution in [1.82, 2.24) is 0 Å². The zero-order valence-corrected chi connectivity index (χ0v) is 15.5. The molecule has 2 heteroatoms. The summed E-state index contributed by atoms with van der Waals surface area (Å²) in [7, 11) is 0. The number of hydrogen-bond donors (Lipinski definition) is 0. The number of ether oxygens (including phenoxy) is 2. The van der Waals surface area contributed by atoms with Gasteiger partial charge in [0.05, 0.1) is 11.7 Å². The molecule has 130 valence electrons. The van der Waals surface area contributed by atoms with E-state index in [4.69, 9.17) is 9.47 Å². The minimum Gasteiger partial charge on any atom is -0.487 e. The van der Waals surface area contributed by atoms with Crippen molar-refractivity contribution in [2.45, 2.75) is 77.1 Å². The smallest absolute Gasteiger partial charge is 0.125 e. The normalized spacial score (nSPS) is 37.7. The van der Waals surface area contributed by atoms with Gasteiger partial charge in [-0.2, -0.15) is 0 Å². The van der Waals surface area contributed by atoms with Crippen LogP contribution in [0.1, 0.15) is 71.5 Å². The fourth-order valence-corrected chi connectivity index (χ4v) is 5.00. The minimum absolute atomic E-state index is 0.0150. The van der Waals surface area contributed by atoms with Crippen molar-refractivity contribution in [2.75, 3.05) is 0 Å². The Morgan fingerprint density at radius 3 is 2.62 bits per heavy atom. The zero-order valence-electron chi connectivity index (χ0n) is 15.5. The maximum Gasteiger partial charge on any atom is 0.125 e. The molecule has 1 aliphatic carbocycles. The molecule has 0 N–H and O–H groups in total. The third-order valence-electron chi connectivity index (χ3n) is 6.71. The van der Waals surface area contributed by atoms with E-state index in [1.54, 1.807) is 5.57 Å². The summed E-state index contributed by atoms with van der Waals surface area (Å²) in [5, 5.41) is 0. The van der Waals surface area contributed by atoms with Gasteiger partial charge in [0.2, 0.25) is 0 Å². The van der Waals surface area contributed by atoms with Crippen LogP contribution in [-0.4, -0.2) is 11.2 Å². The average Bonchev–Trinajstić information content (AvgIpc) is 2.54. The first-order valence-corrected chi connectivity index (χ1v) is 9.50. The lowest BCUT2D eigenvalue weighted by Gasteiger charge is -2.54. The van der Waals surface area contributed by atoms with Crippen molar-refractivity contribution in [3.63, 3.8) is 0 Å². The second-order valence-corrected chi connectivity index (χ2v) is 8.76. The van der Waals surface area contributed by atoms with Gasteiger partial charge in [0, 0.05) is 11.5 Å². The molecule has 4 atom stereocenters. The Bertz CT molecular complexity index is 660. The molecule has 0 radical (unpaired) electrons. The predicted octanol–water partition coefficient (Wildman–Crippen LogP) is 5.83. The molecule has 2 heterocycles. The fraction of sp³-hybridized carbons (Fsp3) is 0.636. The fourth-order valence-electron chi connectivity index (χ4n) is 5.00. The molecule has 4 rings (SSSR count). The van der Waals surface area contributed by atoms with Gasteiger partial charge in [0.15, 0.2) is 0 Å². The van der Waals surface area contributed by atoms with E-state index in [1.807, 2.05) is 0 Å². The van der Waals surface area contributed by atoms with Crippen molar-refractivity contribution in [2.24, 2.45) is 11.8 Å². The van der Waals surface area contributed by atoms with E-state index in [2.05, 4.69) is 58.0 Å². The van der Waals surface area contributed by atoms with E-state index in [-0.39, 0.29) is 17.3 Å². The standard InChI is InChI=1S/C22H30O2/c1-15-9-11-16(12-10-15)22(4)14-13-18-20(24-22)17-7-5-6-8-19(17)23-21(18,2)3/h5-9,16,18,20H,10-14H2,1-4H3/t16-,18-,20+,22-/m0/s1. The Morgan fingerprint density at radius 2 is 1.88 bits per heavy atom. The lowest BCUT2D eigenvalue weighted by Crippen LogP contribution is -2.53. The van der Waals surface area contributed by atoms with Crippen molar-refractivity contribution in [3.8, 4) is 5.75 Å². The molecule has 2 nitrogen and oxygen atoms in total. The lowest BCUT2D eigenvalue weighted by atomic mass is 9.68. The molecule has 3 aliphatic rings. The van der Waals surface area contributed by atoms with Crippen LogP contribution in [0.15, 0.2) is 35.9 Å². The molecular weight excluding hydrogens is 296 g/mol. The first-order valence-electron chi connectivity index (χ1n) is 9.50. The van der Waals surface area contributed by atoms with Gasteiger partial charge in [-0.05, 0) is 71.8 Å². The van der Waals surface area contributed by atoms with Crippen molar-refractivity contribution in [1.29, 1.82) is 0 Å². The third-order valence-corrected chi connectivity index (χ3v) is 6.71. The van der Waals surface area contributed by atoms with Crippen LogP contribution >= 0.6 is 0 Å². The maximum atomic E-state index is 6.91. The summed E-state index contributed by atoms with van der Waals surface area (Å²) in [6.45, 7) is 9.06. The number of allylic oxidation sites excluding steroid dienone is 2. The molecule has 1 saturated heterocycles. The first-order chi connectivity index (χ1) is 11.4. The summed E-state index contributed by atoms with van der Waals surface area (Å²) in [5.74, 6) is 2.08. The Balaban J connectivity index is 1.65. The van der Waals surface area contributed by atoms with Gasteiger partial charge in [-0.3, -0.25) is 0 Å². The van der Waals surface area contributed by atoms with Gasteiger partial charge >= 0.3 is 0 Å². The summed E-state index contributed by atoms with van der Waals surface area (Å²) in [6, 6.07) is 8.46. The molecule has 0 unspecified atom stereocenters. The third kappa shape index (κ3) is 2.60. The SMILES string of the molecule is CC1=CC[C@H]([C@]2(C)CC[C@H]3[C@H](O2)c2ccccc2OC3(C)C)CC1. The summed E-state index contributed by atoms with van der Waals surface area (Å²) >= 11 is 0. The minimum atomic E-state index is -0.163. The van der Waals surface area contributed by atoms with Gasteiger partial charge in [0.1, 0.15) is 11.4 Å². The molecule has 1 aromatic rings. The van der Waals surface area contributed by atoms with Crippen molar-refractivity contribution >= 4 is 0 Å². The molecule has 0 spiro atoms. The van der Waals surface area contributed by atoms with E-state index >= 15 is 0 Å². The largest absolute Gasteiger partial charge is 0.487 e. The van der Waals surface area contributed by atoms with Gasteiger partial charge in [-0.15, -0.1) is 0 Å². The van der Waals surface area contributed by atoms with Gasteiger partial charge in [-0.25, -0.2) is 0 Å². The average molecular weight is 326 g/mol. The van der Waals surface area contributed by atoms with Gasteiger partial charge in [-0.1, -0.05) is 29.8 Å². The van der Waals surface area contributed by atoms with E-state index in [9.17, 15) is 0 Å². The molecule has 2 aliphatic heterocycles. The van der Waals surface area contributed by atoms with Crippen LogP contribution in [0.25, 0.3) is 0 Å². The zero-order chi connectivity index (χ0) is 16.9. The molecule has 1 aromatic carbocycles. The second kappa shape index (κ2) is 5.62. The summed E-state index contributed by atoms with van der Waals surface area (Å²) < 4.78 is 13.2. The van der Waals surface area contributed by atoms with Crippen molar-refractivity contribution in [3.05, 3.63) is 41.5 Å². The first kappa shape index (κ1) is 16.2. The van der Waals surface area contributed by atoms with Crippen LogP contribution in [0.4, 0.5) is 0 Å². The lowest BCUT2D eigenvalue weighted by molar-refractivity contribution is -0.210. The van der Waals surface area contributed by atoms with E-state index in [0.717, 1.165) is 12.2 Å². The van der Waals surface area contributed by atoms with E-state index < -0.39 is 0 Å². The Morgan fingerprint density at radius 1 is 1.08 bits per heavy atom. The monoisotopic (exact) mass is 326 g/mol. The quantitative estimate of drug-likeness (QED) is 0.604. The van der Waals surface area contributed by atoms with Crippen LogP contribution < -0.4 is 4.74 Å². The molecule has 0 bridgehead atoms. The molecule has 1 fully saturated rings. The topological polar surface area (TPSA) is 18.5 Å². The summed E-state index contributed by atoms with van der Waals surface area (Å²) in [5.41, 5.74) is 2.61. The molecule has 24 heavy (non-hydrogen) atoms. The Kier molecular flexibility index (Phi) is 3.80. The number of para-hydroxylation sites is 1. The summed E-state index contributed by atoms with van der Waals surface area (Å²) in [4.78, 5) is 0. The highest BCUT2D eigenvalue weighted by Gasteiger charge is 2.52. The van der Waals surface area contributed by atoms with Crippen LogP contribution in [0.3, 0.4) is 0 Å². The molecule has 0 aromatic heterocycles.